The number of hydrogen-bond donors (Lipinski definition) is 5. The Kier molecular flexibility index (Phi) is 8.59. The molecule has 0 spiro atoms. The molecule has 2 aromatic carbocycles. The van der Waals surface area contributed by atoms with Crippen LogP contribution in [0.25, 0.3) is 0 Å². The molecule has 0 saturated carbocycles. The Bertz CT molecular complexity index is 1050. The van der Waals surface area contributed by atoms with Crippen LogP contribution < -0.4 is 16.0 Å². The minimum absolute atomic E-state index is 0.0477. The van der Waals surface area contributed by atoms with E-state index in [0.717, 1.165) is 5.69 Å². The highest BCUT2D eigenvalue weighted by atomic mass is 35.5. The van der Waals surface area contributed by atoms with Crippen molar-refractivity contribution in [3.05, 3.63) is 70.8 Å². The summed E-state index contributed by atoms with van der Waals surface area (Å²) in [6.07, 6.45) is 1.92. The number of anilines is 2. The Morgan fingerprint density at radius 3 is 2.39 bits per heavy atom. The summed E-state index contributed by atoms with van der Waals surface area (Å²) in [5.74, 6) is -0.744. The molecule has 31 heavy (non-hydrogen) atoms. The van der Waals surface area contributed by atoms with Crippen molar-refractivity contribution in [1.29, 1.82) is 0 Å². The lowest BCUT2D eigenvalue weighted by atomic mass is 10.2. The number of aldehydes is 1. The van der Waals surface area contributed by atoms with Crippen LogP contribution in [0, 0.1) is 0 Å². The van der Waals surface area contributed by atoms with Gasteiger partial charge in [-0.25, -0.2) is 4.98 Å². The molecule has 9 nitrogen and oxygen atoms in total. The number of aromatic amines is 1. The number of benzene rings is 2. The highest BCUT2D eigenvalue weighted by Gasteiger charge is 2.19. The number of amides is 2. The topological polar surface area (TPSA) is 136 Å². The quantitative estimate of drug-likeness (QED) is 0.371. The van der Waals surface area contributed by atoms with E-state index in [1.54, 1.807) is 19.1 Å². The molecule has 3 aromatic rings. The molecule has 0 atom stereocenters. The Hall–Kier alpha value is -3.85. The molecule has 5 N–H and O–H groups in total. The molecule has 1 heterocycles. The number of phenols is 1. The van der Waals surface area contributed by atoms with Gasteiger partial charge < -0.3 is 26.0 Å². The maximum absolute atomic E-state index is 12.2. The molecule has 0 fully saturated rings. The maximum Gasteiger partial charge on any atom is 0.276 e. The number of imidazole rings is 1. The zero-order valence-electron chi connectivity index (χ0n) is 16.9. The van der Waals surface area contributed by atoms with Crippen LogP contribution in [0.3, 0.4) is 0 Å². The van der Waals surface area contributed by atoms with Crippen LogP contribution >= 0.6 is 11.6 Å². The molecule has 1 aromatic heterocycles. The molecule has 0 aliphatic carbocycles. The lowest BCUT2D eigenvalue weighted by Crippen LogP contribution is -2.26. The van der Waals surface area contributed by atoms with Crippen molar-refractivity contribution in [3.8, 4) is 5.75 Å². The van der Waals surface area contributed by atoms with Crippen LogP contribution in [0.1, 0.15) is 38.3 Å². The molecule has 0 aliphatic rings. The second-order valence-electron chi connectivity index (χ2n) is 6.09. The first-order chi connectivity index (χ1) is 14.9. The van der Waals surface area contributed by atoms with Crippen molar-refractivity contribution in [2.75, 3.05) is 24.2 Å². The number of H-pyrrole nitrogens is 1. The summed E-state index contributed by atoms with van der Waals surface area (Å²) in [6.45, 7) is 2.28. The average molecular weight is 444 g/mol. The fraction of sp³-hybridized carbons (Fsp3) is 0.143. The van der Waals surface area contributed by atoms with Crippen LogP contribution in [-0.2, 0) is 0 Å². The molecular weight excluding hydrogens is 422 g/mol. The van der Waals surface area contributed by atoms with E-state index < -0.39 is 5.91 Å². The van der Waals surface area contributed by atoms with Crippen molar-refractivity contribution in [2.24, 2.45) is 0 Å². The van der Waals surface area contributed by atoms with Gasteiger partial charge in [0.2, 0.25) is 0 Å². The van der Waals surface area contributed by atoms with Crippen LogP contribution in [0.15, 0.2) is 48.8 Å². The molecule has 0 radical (unpaired) electrons. The molecule has 10 heteroatoms. The molecule has 0 aliphatic heterocycles. The van der Waals surface area contributed by atoms with E-state index in [0.29, 0.717) is 29.1 Å². The second kappa shape index (κ2) is 11.4. The van der Waals surface area contributed by atoms with Gasteiger partial charge in [0.1, 0.15) is 11.4 Å². The number of phenolic OH excluding ortho intramolecular Hbond substituents is 1. The lowest BCUT2D eigenvalue weighted by molar-refractivity contribution is 0.0937. The zero-order chi connectivity index (χ0) is 22.8. The number of halogens is 1. The second-order valence-corrected chi connectivity index (χ2v) is 6.50. The van der Waals surface area contributed by atoms with E-state index in [9.17, 15) is 14.4 Å². The molecule has 0 unspecified atom stereocenters. The van der Waals surface area contributed by atoms with Gasteiger partial charge in [0.15, 0.2) is 12.0 Å². The van der Waals surface area contributed by atoms with Crippen LogP contribution in [0.2, 0.25) is 5.02 Å². The summed E-state index contributed by atoms with van der Waals surface area (Å²) >= 11 is 5.55. The van der Waals surface area contributed by atoms with Crippen molar-refractivity contribution < 1.29 is 19.5 Å². The van der Waals surface area contributed by atoms with E-state index in [4.69, 9.17) is 16.7 Å². The number of hydrogen-bond acceptors (Lipinski definition) is 6. The number of aromatic nitrogens is 2. The highest BCUT2D eigenvalue weighted by molar-refractivity contribution is 6.33. The van der Waals surface area contributed by atoms with Gasteiger partial charge in [-0.2, -0.15) is 0 Å². The van der Waals surface area contributed by atoms with Crippen LogP contribution in [-0.4, -0.2) is 46.8 Å². The Morgan fingerprint density at radius 1 is 1.13 bits per heavy atom. The minimum Gasteiger partial charge on any atom is -0.508 e. The Balaban J connectivity index is 0.000000285. The maximum atomic E-state index is 12.2. The third-order valence-corrected chi connectivity index (χ3v) is 4.30. The van der Waals surface area contributed by atoms with Gasteiger partial charge in [0.05, 0.1) is 11.3 Å². The number of carbonyl (C=O) groups excluding carboxylic acids is 3. The lowest BCUT2D eigenvalue weighted by Gasteiger charge is -2.06. The number of carbonyl (C=O) groups is 3. The summed E-state index contributed by atoms with van der Waals surface area (Å²) in [7, 11) is 1.82. The normalized spacial score (nSPS) is 9.77. The van der Waals surface area contributed by atoms with Gasteiger partial charge in [-0.3, -0.25) is 14.4 Å². The largest absolute Gasteiger partial charge is 0.508 e. The first kappa shape index (κ1) is 23.4. The average Bonchev–Trinajstić information content (AvgIpc) is 3.27. The summed E-state index contributed by atoms with van der Waals surface area (Å²) in [5, 5.41) is 17.5. The number of rotatable bonds is 6. The zero-order valence-corrected chi connectivity index (χ0v) is 17.7. The summed E-state index contributed by atoms with van der Waals surface area (Å²) in [4.78, 5) is 40.7. The molecule has 162 valence electrons. The molecule has 3 rings (SSSR count). The van der Waals surface area contributed by atoms with Crippen molar-refractivity contribution >= 4 is 41.1 Å². The van der Waals surface area contributed by atoms with Gasteiger partial charge in [-0.15, -0.1) is 0 Å². The van der Waals surface area contributed by atoms with Crippen molar-refractivity contribution in [2.45, 2.75) is 6.92 Å². The van der Waals surface area contributed by atoms with Crippen molar-refractivity contribution in [1.82, 2.24) is 15.3 Å². The monoisotopic (exact) mass is 443 g/mol. The third kappa shape index (κ3) is 6.58. The minimum atomic E-state index is -0.435. The van der Waals surface area contributed by atoms with Gasteiger partial charge in [-0.1, -0.05) is 11.6 Å². The fourth-order valence-electron chi connectivity index (χ4n) is 2.42. The summed E-state index contributed by atoms with van der Waals surface area (Å²) < 4.78 is 0. The number of nitrogens with zero attached hydrogens (tertiary/aromatic N) is 1. The SMILES string of the molecule is CCNC(=O)c1[nH]cnc1C(=O)Nc1ccc(NC)cc1.O=Cc1cc(O)ccc1Cl. The predicted octanol–water partition coefficient (Wildman–Crippen LogP) is 3.31. The van der Waals surface area contributed by atoms with Crippen LogP contribution in [0.5, 0.6) is 5.75 Å². The fourth-order valence-corrected chi connectivity index (χ4v) is 2.58. The van der Waals surface area contributed by atoms with Crippen LogP contribution in [0.4, 0.5) is 11.4 Å². The van der Waals surface area contributed by atoms with E-state index >= 15 is 0 Å². The number of aromatic hydroxyl groups is 1. The summed E-state index contributed by atoms with van der Waals surface area (Å²) in [5.41, 5.74) is 2.10. The van der Waals surface area contributed by atoms with E-state index in [2.05, 4.69) is 25.9 Å². The van der Waals surface area contributed by atoms with E-state index in [1.807, 2.05) is 19.2 Å². The van der Waals surface area contributed by atoms with Gasteiger partial charge in [0.25, 0.3) is 11.8 Å². The molecule has 2 amide bonds. The Morgan fingerprint density at radius 2 is 1.81 bits per heavy atom. The van der Waals surface area contributed by atoms with Gasteiger partial charge in [-0.05, 0) is 49.4 Å². The molecular formula is C21H22ClN5O4. The van der Waals surface area contributed by atoms with Gasteiger partial charge >= 0.3 is 0 Å². The van der Waals surface area contributed by atoms with E-state index in [-0.39, 0.29) is 23.0 Å². The molecule has 0 saturated heterocycles. The van der Waals surface area contributed by atoms with Crippen molar-refractivity contribution in [3.63, 3.8) is 0 Å². The van der Waals surface area contributed by atoms with Gasteiger partial charge in [0, 0.05) is 30.5 Å². The third-order valence-electron chi connectivity index (χ3n) is 3.96. The van der Waals surface area contributed by atoms with E-state index in [1.165, 1.54) is 24.5 Å². The number of nitrogens with one attached hydrogen (secondary N) is 4. The smallest absolute Gasteiger partial charge is 0.276 e. The summed E-state index contributed by atoms with van der Waals surface area (Å²) in [6, 6.07) is 11.4. The first-order valence-electron chi connectivity index (χ1n) is 9.24. The first-order valence-corrected chi connectivity index (χ1v) is 9.61. The predicted molar refractivity (Wildman–Crippen MR) is 119 cm³/mol. The Labute approximate surface area is 183 Å². The molecule has 0 bridgehead atoms. The standard InChI is InChI=1S/C14H17N5O2.C7H5ClO2/c1-3-16-13(20)11-12(18-8-17-11)14(21)19-10-6-4-9(15-2)5-7-10;8-7-2-1-6(10)3-5(7)4-9/h4-8,15H,3H2,1-2H3,(H,16,20)(H,17,18)(H,19,21);1-4,10H. The highest BCUT2D eigenvalue weighted by Crippen LogP contribution is 2.19.